The first-order chi connectivity index (χ1) is 11.3. The van der Waals surface area contributed by atoms with Crippen LogP contribution in [0.3, 0.4) is 0 Å². The first-order valence-electron chi connectivity index (χ1n) is 7.75. The number of anilines is 1. The van der Waals surface area contributed by atoms with E-state index in [1.54, 1.807) is 6.20 Å². The zero-order valence-corrected chi connectivity index (χ0v) is 13.2. The molecule has 4 nitrogen and oxygen atoms in total. The summed E-state index contributed by atoms with van der Waals surface area (Å²) in [5.74, 6) is 0.405. The van der Waals surface area contributed by atoms with Crippen molar-refractivity contribution in [2.24, 2.45) is 10.7 Å². The number of aliphatic imine (C=N–C) groups is 1. The Labute approximate surface area is 136 Å². The van der Waals surface area contributed by atoms with Crippen LogP contribution in [0.5, 0.6) is 0 Å². The Hall–Kier alpha value is -2.88. The van der Waals surface area contributed by atoms with Crippen LogP contribution in [0.2, 0.25) is 0 Å². The second kappa shape index (κ2) is 6.92. The van der Waals surface area contributed by atoms with Gasteiger partial charge in [-0.25, -0.2) is 4.99 Å². The molecule has 1 heterocycles. The number of aromatic nitrogens is 1. The van der Waals surface area contributed by atoms with Crippen LogP contribution in [-0.4, -0.2) is 10.9 Å². The maximum Gasteiger partial charge on any atom is 0.193 e. The van der Waals surface area contributed by atoms with Gasteiger partial charge in [0.2, 0.25) is 0 Å². The highest BCUT2D eigenvalue weighted by molar-refractivity contribution is 5.92. The van der Waals surface area contributed by atoms with Crippen LogP contribution in [0.1, 0.15) is 18.1 Å². The zero-order chi connectivity index (χ0) is 16.1. The van der Waals surface area contributed by atoms with Gasteiger partial charge >= 0.3 is 0 Å². The molecule has 3 N–H and O–H groups in total. The molecule has 23 heavy (non-hydrogen) atoms. The summed E-state index contributed by atoms with van der Waals surface area (Å²) in [6.45, 7) is 2.64. The molecule has 116 valence electrons. The standard InChI is InChI=1S/C19H20N4/c1-2-14-8-10-17(11-9-14)23-19(20)22-13-16-6-3-5-15-7-4-12-21-18(15)16/h3-12H,2,13H2,1H3,(H3,20,22,23). The number of hydrogen-bond acceptors (Lipinski definition) is 2. The fraction of sp³-hybridized carbons (Fsp3) is 0.158. The van der Waals surface area contributed by atoms with Gasteiger partial charge in [-0.3, -0.25) is 4.98 Å². The number of rotatable bonds is 4. The summed E-state index contributed by atoms with van der Waals surface area (Å²) >= 11 is 0. The predicted molar refractivity (Wildman–Crippen MR) is 96.5 cm³/mol. The van der Waals surface area contributed by atoms with E-state index in [1.807, 2.05) is 42.5 Å². The van der Waals surface area contributed by atoms with Crippen molar-refractivity contribution in [2.75, 3.05) is 5.32 Å². The molecular weight excluding hydrogens is 284 g/mol. The number of nitrogens with zero attached hydrogens (tertiary/aromatic N) is 2. The van der Waals surface area contributed by atoms with E-state index in [2.05, 4.69) is 34.3 Å². The van der Waals surface area contributed by atoms with Crippen LogP contribution in [0, 0.1) is 0 Å². The number of nitrogens with two attached hydrogens (primary N) is 1. The molecule has 3 rings (SSSR count). The van der Waals surface area contributed by atoms with E-state index in [-0.39, 0.29) is 0 Å². The number of aryl methyl sites for hydroxylation is 1. The fourth-order valence-electron chi connectivity index (χ4n) is 2.48. The lowest BCUT2D eigenvalue weighted by Crippen LogP contribution is -2.22. The molecule has 0 unspecified atom stereocenters. The molecular formula is C19H20N4. The van der Waals surface area contributed by atoms with Crippen molar-refractivity contribution >= 4 is 22.5 Å². The van der Waals surface area contributed by atoms with Crippen LogP contribution in [0.25, 0.3) is 10.9 Å². The van der Waals surface area contributed by atoms with Crippen molar-refractivity contribution in [3.8, 4) is 0 Å². The smallest absolute Gasteiger partial charge is 0.193 e. The van der Waals surface area contributed by atoms with Crippen LogP contribution in [0.4, 0.5) is 5.69 Å². The van der Waals surface area contributed by atoms with Crippen molar-refractivity contribution in [1.29, 1.82) is 0 Å². The Kier molecular flexibility index (Phi) is 4.52. The summed E-state index contributed by atoms with van der Waals surface area (Å²) in [6, 6.07) is 18.3. The summed E-state index contributed by atoms with van der Waals surface area (Å²) in [6.07, 6.45) is 2.82. The van der Waals surface area contributed by atoms with Gasteiger partial charge in [-0.1, -0.05) is 43.3 Å². The molecule has 0 aliphatic heterocycles. The number of guanidine groups is 1. The Bertz CT molecular complexity index is 817. The fourth-order valence-corrected chi connectivity index (χ4v) is 2.48. The van der Waals surface area contributed by atoms with Crippen LogP contribution >= 0.6 is 0 Å². The Morgan fingerprint density at radius 2 is 1.87 bits per heavy atom. The van der Waals surface area contributed by atoms with E-state index in [4.69, 9.17) is 5.73 Å². The minimum absolute atomic E-state index is 0.405. The van der Waals surface area contributed by atoms with E-state index in [0.717, 1.165) is 28.6 Å². The summed E-state index contributed by atoms with van der Waals surface area (Å²) in [7, 11) is 0. The number of fused-ring (bicyclic) bond motifs is 1. The van der Waals surface area contributed by atoms with Crippen LogP contribution in [0.15, 0.2) is 65.8 Å². The van der Waals surface area contributed by atoms with Gasteiger partial charge in [-0.05, 0) is 35.7 Å². The number of nitrogens with one attached hydrogen (secondary N) is 1. The van der Waals surface area contributed by atoms with Crippen molar-refractivity contribution in [2.45, 2.75) is 19.9 Å². The summed E-state index contributed by atoms with van der Waals surface area (Å²) < 4.78 is 0. The highest BCUT2D eigenvalue weighted by Crippen LogP contribution is 2.16. The molecule has 0 bridgehead atoms. The van der Waals surface area contributed by atoms with Gasteiger partial charge in [0.25, 0.3) is 0 Å². The van der Waals surface area contributed by atoms with Gasteiger partial charge < -0.3 is 11.1 Å². The molecule has 0 saturated carbocycles. The number of benzene rings is 2. The molecule has 0 aliphatic rings. The van der Waals surface area contributed by atoms with Gasteiger partial charge in [0.1, 0.15) is 0 Å². The van der Waals surface area contributed by atoms with E-state index in [1.165, 1.54) is 5.56 Å². The molecule has 0 saturated heterocycles. The first kappa shape index (κ1) is 15.0. The lowest BCUT2D eigenvalue weighted by molar-refractivity contribution is 1.06. The highest BCUT2D eigenvalue weighted by atomic mass is 15.1. The lowest BCUT2D eigenvalue weighted by Gasteiger charge is -2.07. The quantitative estimate of drug-likeness (QED) is 0.570. The maximum atomic E-state index is 5.99. The van der Waals surface area contributed by atoms with Crippen molar-refractivity contribution < 1.29 is 0 Å². The summed E-state index contributed by atoms with van der Waals surface area (Å²) in [5.41, 5.74) is 10.3. The Morgan fingerprint density at radius 3 is 2.65 bits per heavy atom. The molecule has 0 fully saturated rings. The SMILES string of the molecule is CCc1ccc(NC(N)=NCc2cccc3cccnc23)cc1. The number of para-hydroxylation sites is 1. The van der Waals surface area contributed by atoms with Crippen molar-refractivity contribution in [3.63, 3.8) is 0 Å². The molecule has 4 heteroatoms. The first-order valence-corrected chi connectivity index (χ1v) is 7.75. The van der Waals surface area contributed by atoms with Gasteiger partial charge in [-0.15, -0.1) is 0 Å². The molecule has 0 radical (unpaired) electrons. The van der Waals surface area contributed by atoms with Crippen molar-refractivity contribution in [1.82, 2.24) is 4.98 Å². The summed E-state index contributed by atoms with van der Waals surface area (Å²) in [5, 5.41) is 4.23. The third-order valence-electron chi connectivity index (χ3n) is 3.77. The number of pyridine rings is 1. The molecule has 3 aromatic rings. The van der Waals surface area contributed by atoms with Crippen molar-refractivity contribution in [3.05, 3.63) is 71.9 Å². The van der Waals surface area contributed by atoms with Gasteiger partial charge in [0, 0.05) is 17.3 Å². The normalized spacial score (nSPS) is 11.6. The van der Waals surface area contributed by atoms with E-state index in [9.17, 15) is 0 Å². The molecule has 2 aromatic carbocycles. The van der Waals surface area contributed by atoms with Crippen LogP contribution in [-0.2, 0) is 13.0 Å². The average molecular weight is 304 g/mol. The lowest BCUT2D eigenvalue weighted by atomic mass is 10.1. The van der Waals surface area contributed by atoms with E-state index >= 15 is 0 Å². The minimum Gasteiger partial charge on any atom is -0.370 e. The largest absolute Gasteiger partial charge is 0.370 e. The predicted octanol–water partition coefficient (Wildman–Crippen LogP) is 3.72. The Balaban J connectivity index is 1.73. The van der Waals surface area contributed by atoms with Gasteiger partial charge in [-0.2, -0.15) is 0 Å². The molecule has 0 aliphatic carbocycles. The van der Waals surface area contributed by atoms with Gasteiger partial charge in [0.15, 0.2) is 5.96 Å². The monoisotopic (exact) mass is 304 g/mol. The molecule has 0 spiro atoms. The maximum absolute atomic E-state index is 5.99. The third kappa shape index (κ3) is 3.66. The highest BCUT2D eigenvalue weighted by Gasteiger charge is 2.01. The van der Waals surface area contributed by atoms with Gasteiger partial charge in [0.05, 0.1) is 12.1 Å². The zero-order valence-electron chi connectivity index (χ0n) is 13.2. The molecule has 0 atom stereocenters. The van der Waals surface area contributed by atoms with E-state index < -0.39 is 0 Å². The second-order valence-electron chi connectivity index (χ2n) is 5.37. The van der Waals surface area contributed by atoms with Crippen LogP contribution < -0.4 is 11.1 Å². The topological polar surface area (TPSA) is 63.3 Å². The van der Waals surface area contributed by atoms with E-state index in [0.29, 0.717) is 12.5 Å². The third-order valence-corrected chi connectivity index (χ3v) is 3.77. The second-order valence-corrected chi connectivity index (χ2v) is 5.37. The Morgan fingerprint density at radius 1 is 1.09 bits per heavy atom. The average Bonchev–Trinajstić information content (AvgIpc) is 2.60. The molecule has 0 amide bonds. The number of hydrogen-bond donors (Lipinski definition) is 2. The summed E-state index contributed by atoms with van der Waals surface area (Å²) in [4.78, 5) is 8.86. The minimum atomic E-state index is 0.405. The molecule has 1 aromatic heterocycles.